The molecule has 5 nitrogen and oxygen atoms in total. The average molecular weight is 290 g/mol. The van der Waals surface area contributed by atoms with E-state index in [9.17, 15) is 9.59 Å². The van der Waals surface area contributed by atoms with Crippen LogP contribution in [0.2, 0.25) is 0 Å². The maximum Gasteiger partial charge on any atom is 0.335 e. The number of fused-ring (bicyclic) bond motifs is 1. The number of carbonyl (C=O) groups is 1. The number of nitrogens with zero attached hydrogens (tertiary/aromatic N) is 1. The van der Waals surface area contributed by atoms with Crippen LogP contribution < -0.4 is 5.69 Å². The van der Waals surface area contributed by atoms with E-state index in [0.29, 0.717) is 12.1 Å². The van der Waals surface area contributed by atoms with Gasteiger partial charge < -0.3 is 10.1 Å². The Morgan fingerprint density at radius 3 is 2.62 bits per heavy atom. The zero-order valence-corrected chi connectivity index (χ0v) is 12.4. The molecule has 0 radical (unpaired) electrons. The van der Waals surface area contributed by atoms with Gasteiger partial charge in [0.2, 0.25) is 0 Å². The van der Waals surface area contributed by atoms with Crippen molar-refractivity contribution in [1.82, 2.24) is 9.55 Å². The van der Waals surface area contributed by atoms with Crippen molar-refractivity contribution >= 4 is 17.0 Å². The fraction of sp³-hybridized carbons (Fsp3) is 0.500. The Balaban J connectivity index is 2.04. The molecule has 5 heteroatoms. The minimum Gasteiger partial charge on any atom is -0.478 e. The van der Waals surface area contributed by atoms with E-state index in [4.69, 9.17) is 5.11 Å². The number of aromatic carboxylic acids is 1. The van der Waals surface area contributed by atoms with Crippen molar-refractivity contribution in [2.24, 2.45) is 0 Å². The van der Waals surface area contributed by atoms with Gasteiger partial charge in [-0.15, -0.1) is 0 Å². The first-order chi connectivity index (χ1) is 10.1. The van der Waals surface area contributed by atoms with Gasteiger partial charge in [-0.3, -0.25) is 4.57 Å². The van der Waals surface area contributed by atoms with E-state index in [2.05, 4.69) is 11.9 Å². The molecule has 0 aliphatic carbocycles. The molecule has 1 aromatic carbocycles. The summed E-state index contributed by atoms with van der Waals surface area (Å²) >= 11 is 0. The van der Waals surface area contributed by atoms with Crippen LogP contribution >= 0.6 is 0 Å². The molecule has 0 saturated carbocycles. The highest BCUT2D eigenvalue weighted by atomic mass is 16.4. The lowest BCUT2D eigenvalue weighted by atomic mass is 10.1. The van der Waals surface area contributed by atoms with Gasteiger partial charge in [-0.25, -0.2) is 9.59 Å². The third-order valence-corrected chi connectivity index (χ3v) is 3.76. The smallest absolute Gasteiger partial charge is 0.335 e. The fourth-order valence-corrected chi connectivity index (χ4v) is 2.57. The summed E-state index contributed by atoms with van der Waals surface area (Å²) in [6.07, 6.45) is 7.04. The number of hydrogen-bond acceptors (Lipinski definition) is 2. The number of aryl methyl sites for hydroxylation is 1. The number of benzene rings is 1. The Labute approximate surface area is 123 Å². The molecule has 2 rings (SSSR count). The highest BCUT2D eigenvalue weighted by Gasteiger charge is 2.09. The van der Waals surface area contributed by atoms with Crippen LogP contribution in [0.4, 0.5) is 0 Å². The van der Waals surface area contributed by atoms with Crippen LogP contribution in [-0.4, -0.2) is 20.6 Å². The van der Waals surface area contributed by atoms with Crippen LogP contribution in [0.3, 0.4) is 0 Å². The van der Waals surface area contributed by atoms with Crippen molar-refractivity contribution in [3.63, 3.8) is 0 Å². The van der Waals surface area contributed by atoms with E-state index in [1.807, 2.05) is 0 Å². The molecule has 0 amide bonds. The fourth-order valence-electron chi connectivity index (χ4n) is 2.57. The summed E-state index contributed by atoms with van der Waals surface area (Å²) < 4.78 is 1.70. The SMILES string of the molecule is CCCCCCCCn1c(=O)[nH]c2cc(C(=O)O)ccc21. The maximum atomic E-state index is 11.9. The maximum absolute atomic E-state index is 11.9. The van der Waals surface area contributed by atoms with Crippen molar-refractivity contribution in [1.29, 1.82) is 0 Å². The Bertz CT molecular complexity index is 670. The summed E-state index contributed by atoms with van der Waals surface area (Å²) in [5.41, 5.74) is 1.39. The highest BCUT2D eigenvalue weighted by Crippen LogP contribution is 2.14. The van der Waals surface area contributed by atoms with Crippen LogP contribution in [0, 0.1) is 0 Å². The van der Waals surface area contributed by atoms with Gasteiger partial charge in [0.05, 0.1) is 16.6 Å². The molecule has 0 bridgehead atoms. The third-order valence-electron chi connectivity index (χ3n) is 3.76. The molecule has 114 valence electrons. The topological polar surface area (TPSA) is 75.1 Å². The van der Waals surface area contributed by atoms with E-state index in [0.717, 1.165) is 18.4 Å². The molecule has 0 fully saturated rings. The number of carboxylic acid groups (broad SMARTS) is 1. The molecule has 0 unspecified atom stereocenters. The second-order valence-electron chi connectivity index (χ2n) is 5.39. The number of nitrogens with one attached hydrogen (secondary N) is 1. The van der Waals surface area contributed by atoms with E-state index >= 15 is 0 Å². The number of aromatic nitrogens is 2. The number of aromatic amines is 1. The molecule has 0 aliphatic heterocycles. The van der Waals surface area contributed by atoms with Gasteiger partial charge in [-0.05, 0) is 24.6 Å². The minimum atomic E-state index is -0.985. The number of imidazole rings is 1. The molecule has 21 heavy (non-hydrogen) atoms. The van der Waals surface area contributed by atoms with Gasteiger partial charge in [0, 0.05) is 6.54 Å². The van der Waals surface area contributed by atoms with Crippen molar-refractivity contribution in [3.05, 3.63) is 34.2 Å². The number of rotatable bonds is 8. The summed E-state index contributed by atoms with van der Waals surface area (Å²) in [5.74, 6) is -0.985. The first-order valence-corrected chi connectivity index (χ1v) is 7.59. The van der Waals surface area contributed by atoms with E-state index < -0.39 is 5.97 Å². The lowest BCUT2D eigenvalue weighted by Gasteiger charge is -2.04. The number of unbranched alkanes of at least 4 members (excludes halogenated alkanes) is 5. The normalized spacial score (nSPS) is 11.1. The van der Waals surface area contributed by atoms with Crippen molar-refractivity contribution in [2.75, 3.05) is 0 Å². The molecule has 0 aliphatic rings. The van der Waals surface area contributed by atoms with Crippen LogP contribution in [0.15, 0.2) is 23.0 Å². The average Bonchev–Trinajstić information content (AvgIpc) is 2.77. The van der Waals surface area contributed by atoms with Gasteiger partial charge in [0.25, 0.3) is 0 Å². The van der Waals surface area contributed by atoms with Crippen molar-refractivity contribution in [2.45, 2.75) is 52.0 Å². The molecular weight excluding hydrogens is 268 g/mol. The molecule has 1 heterocycles. The van der Waals surface area contributed by atoms with Gasteiger partial charge in [-0.1, -0.05) is 39.0 Å². The molecule has 1 aromatic heterocycles. The quantitative estimate of drug-likeness (QED) is 0.732. The van der Waals surface area contributed by atoms with Crippen LogP contribution in [0.1, 0.15) is 55.8 Å². The first-order valence-electron chi connectivity index (χ1n) is 7.59. The lowest BCUT2D eigenvalue weighted by Crippen LogP contribution is -2.16. The summed E-state index contributed by atoms with van der Waals surface area (Å²) in [5, 5.41) is 8.97. The Hall–Kier alpha value is -2.04. The molecule has 2 N–H and O–H groups in total. The zero-order chi connectivity index (χ0) is 15.2. The second-order valence-corrected chi connectivity index (χ2v) is 5.39. The minimum absolute atomic E-state index is 0.166. The Kier molecular flexibility index (Phi) is 5.20. The summed E-state index contributed by atoms with van der Waals surface area (Å²) in [6.45, 7) is 2.87. The van der Waals surface area contributed by atoms with Crippen LogP contribution in [-0.2, 0) is 6.54 Å². The second kappa shape index (κ2) is 7.11. The molecule has 0 atom stereocenters. The summed E-state index contributed by atoms with van der Waals surface area (Å²) in [4.78, 5) is 25.6. The van der Waals surface area contributed by atoms with E-state index in [1.165, 1.54) is 37.8 Å². The molecular formula is C16H22N2O3. The van der Waals surface area contributed by atoms with E-state index in [1.54, 1.807) is 10.6 Å². The third kappa shape index (κ3) is 3.74. The zero-order valence-electron chi connectivity index (χ0n) is 12.4. The number of H-pyrrole nitrogens is 1. The largest absolute Gasteiger partial charge is 0.478 e. The van der Waals surface area contributed by atoms with Crippen molar-refractivity contribution < 1.29 is 9.90 Å². The van der Waals surface area contributed by atoms with Gasteiger partial charge in [0.15, 0.2) is 0 Å². The Morgan fingerprint density at radius 1 is 1.19 bits per heavy atom. The van der Waals surface area contributed by atoms with Gasteiger partial charge in [0.1, 0.15) is 0 Å². The van der Waals surface area contributed by atoms with E-state index in [-0.39, 0.29) is 11.3 Å². The number of hydrogen-bond donors (Lipinski definition) is 2. The Morgan fingerprint density at radius 2 is 1.90 bits per heavy atom. The molecule has 2 aromatic rings. The van der Waals surface area contributed by atoms with Gasteiger partial charge >= 0.3 is 11.7 Å². The monoisotopic (exact) mass is 290 g/mol. The summed E-state index contributed by atoms with van der Waals surface area (Å²) in [7, 11) is 0. The van der Waals surface area contributed by atoms with Crippen molar-refractivity contribution in [3.8, 4) is 0 Å². The predicted molar refractivity (Wildman–Crippen MR) is 82.9 cm³/mol. The lowest BCUT2D eigenvalue weighted by molar-refractivity contribution is 0.0697. The van der Waals surface area contributed by atoms with Crippen LogP contribution in [0.25, 0.3) is 11.0 Å². The predicted octanol–water partition coefficient (Wildman–Crippen LogP) is 3.39. The number of carboxylic acids is 1. The molecule has 0 spiro atoms. The first kappa shape index (κ1) is 15.4. The summed E-state index contributed by atoms with van der Waals surface area (Å²) in [6, 6.07) is 4.75. The highest BCUT2D eigenvalue weighted by molar-refractivity contribution is 5.92. The van der Waals surface area contributed by atoms with Gasteiger partial charge in [-0.2, -0.15) is 0 Å². The standard InChI is InChI=1S/C16H22N2O3/c1-2-3-4-5-6-7-10-18-14-9-8-12(15(19)20)11-13(14)17-16(18)21/h8-9,11H,2-7,10H2,1H3,(H,17,21)(H,19,20). The van der Waals surface area contributed by atoms with Crippen LogP contribution in [0.5, 0.6) is 0 Å². The molecule has 0 saturated heterocycles.